The second kappa shape index (κ2) is 7.74. The van der Waals surface area contributed by atoms with Crippen molar-refractivity contribution in [1.82, 2.24) is 4.90 Å². The number of piperidine rings is 1. The Morgan fingerprint density at radius 3 is 2.42 bits per heavy atom. The number of nitrogens with zero attached hydrogens (tertiary/aromatic N) is 1. The first-order valence-corrected chi connectivity index (χ1v) is 7.64. The number of benzene rings is 1. The highest BCUT2D eigenvalue weighted by molar-refractivity contribution is 5.92. The SMILES string of the molecule is COc1cc(NC(=O)CN2CCC[C@@H](C(F)(F)F)C2)cc(OC)c1. The van der Waals surface area contributed by atoms with E-state index in [2.05, 4.69) is 5.32 Å². The molecule has 0 spiro atoms. The molecule has 134 valence electrons. The highest BCUT2D eigenvalue weighted by atomic mass is 19.4. The summed E-state index contributed by atoms with van der Waals surface area (Å²) in [7, 11) is 2.98. The highest BCUT2D eigenvalue weighted by Gasteiger charge is 2.41. The predicted molar refractivity (Wildman–Crippen MR) is 83.4 cm³/mol. The zero-order valence-electron chi connectivity index (χ0n) is 13.7. The molecule has 1 amide bonds. The zero-order valence-corrected chi connectivity index (χ0v) is 13.7. The number of rotatable bonds is 5. The summed E-state index contributed by atoms with van der Waals surface area (Å²) in [5.74, 6) is -0.705. The van der Waals surface area contributed by atoms with Gasteiger partial charge in [-0.25, -0.2) is 0 Å². The van der Waals surface area contributed by atoms with Crippen molar-refractivity contribution in [3.63, 3.8) is 0 Å². The molecule has 1 aromatic rings. The lowest BCUT2D eigenvalue weighted by atomic mass is 9.97. The number of anilines is 1. The van der Waals surface area contributed by atoms with Crippen molar-refractivity contribution < 1.29 is 27.4 Å². The van der Waals surface area contributed by atoms with E-state index in [1.54, 1.807) is 18.2 Å². The average Bonchev–Trinajstić information content (AvgIpc) is 2.53. The van der Waals surface area contributed by atoms with Crippen LogP contribution < -0.4 is 14.8 Å². The van der Waals surface area contributed by atoms with E-state index in [9.17, 15) is 18.0 Å². The van der Waals surface area contributed by atoms with Crippen LogP contribution in [-0.2, 0) is 4.79 Å². The van der Waals surface area contributed by atoms with Crippen LogP contribution in [0.2, 0.25) is 0 Å². The van der Waals surface area contributed by atoms with Crippen LogP contribution in [0.15, 0.2) is 18.2 Å². The van der Waals surface area contributed by atoms with Gasteiger partial charge in [0.1, 0.15) is 11.5 Å². The fourth-order valence-electron chi connectivity index (χ4n) is 2.75. The number of alkyl halides is 3. The lowest BCUT2D eigenvalue weighted by Gasteiger charge is -2.33. The minimum atomic E-state index is -4.21. The third kappa shape index (κ3) is 5.02. The monoisotopic (exact) mass is 346 g/mol. The van der Waals surface area contributed by atoms with Gasteiger partial charge in [-0.3, -0.25) is 9.69 Å². The number of halogens is 3. The second-order valence-corrected chi connectivity index (χ2v) is 5.77. The van der Waals surface area contributed by atoms with Crippen molar-refractivity contribution in [1.29, 1.82) is 0 Å². The summed E-state index contributed by atoms with van der Waals surface area (Å²) < 4.78 is 48.7. The smallest absolute Gasteiger partial charge is 0.393 e. The number of carbonyl (C=O) groups excluding carboxylic acids is 1. The highest BCUT2D eigenvalue weighted by Crippen LogP contribution is 2.33. The molecule has 0 saturated carbocycles. The molecular formula is C16H21F3N2O3. The molecule has 0 aromatic heterocycles. The van der Waals surface area contributed by atoms with Crippen molar-refractivity contribution in [3.05, 3.63) is 18.2 Å². The third-order valence-corrected chi connectivity index (χ3v) is 3.97. The normalized spacial score (nSPS) is 19.0. The van der Waals surface area contributed by atoms with Crippen molar-refractivity contribution >= 4 is 11.6 Å². The molecule has 1 heterocycles. The van der Waals surface area contributed by atoms with Gasteiger partial charge < -0.3 is 14.8 Å². The molecule has 0 radical (unpaired) electrons. The summed E-state index contributed by atoms with van der Waals surface area (Å²) in [6, 6.07) is 4.90. The Balaban J connectivity index is 1.96. The van der Waals surface area contributed by atoms with Crippen LogP contribution in [-0.4, -0.2) is 50.8 Å². The Bertz CT molecular complexity index is 556. The minimum Gasteiger partial charge on any atom is -0.497 e. The molecule has 1 saturated heterocycles. The van der Waals surface area contributed by atoms with E-state index in [4.69, 9.17) is 9.47 Å². The lowest BCUT2D eigenvalue weighted by Crippen LogP contribution is -2.44. The summed E-state index contributed by atoms with van der Waals surface area (Å²) >= 11 is 0. The van der Waals surface area contributed by atoms with Gasteiger partial charge in [0, 0.05) is 30.4 Å². The molecule has 1 aliphatic rings. The average molecular weight is 346 g/mol. The topological polar surface area (TPSA) is 50.8 Å². The summed E-state index contributed by atoms with van der Waals surface area (Å²) in [6.45, 7) is 0.270. The van der Waals surface area contributed by atoms with Gasteiger partial charge in [0.25, 0.3) is 0 Å². The van der Waals surface area contributed by atoms with Crippen molar-refractivity contribution in [3.8, 4) is 11.5 Å². The zero-order chi connectivity index (χ0) is 17.7. The van der Waals surface area contributed by atoms with Gasteiger partial charge in [-0.05, 0) is 19.4 Å². The summed E-state index contributed by atoms with van der Waals surface area (Å²) in [5.41, 5.74) is 0.473. The van der Waals surface area contributed by atoms with Crippen molar-refractivity contribution in [2.75, 3.05) is 39.2 Å². The van der Waals surface area contributed by atoms with Gasteiger partial charge in [0.05, 0.1) is 26.7 Å². The number of likely N-dealkylation sites (tertiary alicyclic amines) is 1. The van der Waals surface area contributed by atoms with Crippen molar-refractivity contribution in [2.24, 2.45) is 5.92 Å². The van der Waals surface area contributed by atoms with Crippen LogP contribution in [0.1, 0.15) is 12.8 Å². The fourth-order valence-corrected chi connectivity index (χ4v) is 2.75. The fraction of sp³-hybridized carbons (Fsp3) is 0.562. The predicted octanol–water partition coefficient (Wildman–Crippen LogP) is 2.92. The molecule has 1 aromatic carbocycles. The Labute approximate surface area is 138 Å². The Hall–Kier alpha value is -1.96. The molecule has 0 aliphatic carbocycles. The number of amides is 1. The maximum absolute atomic E-state index is 12.8. The first-order valence-electron chi connectivity index (χ1n) is 7.64. The molecule has 2 rings (SSSR count). The molecule has 0 bridgehead atoms. The van der Waals surface area contributed by atoms with E-state index in [0.29, 0.717) is 30.2 Å². The van der Waals surface area contributed by atoms with E-state index >= 15 is 0 Å². The largest absolute Gasteiger partial charge is 0.497 e. The van der Waals surface area contributed by atoms with E-state index in [-0.39, 0.29) is 25.4 Å². The van der Waals surface area contributed by atoms with Crippen LogP contribution in [0.5, 0.6) is 11.5 Å². The molecule has 0 unspecified atom stereocenters. The van der Waals surface area contributed by atoms with Gasteiger partial charge >= 0.3 is 6.18 Å². The van der Waals surface area contributed by atoms with E-state index < -0.39 is 12.1 Å². The standard InChI is InChI=1S/C16H21F3N2O3/c1-23-13-6-12(7-14(8-13)24-2)20-15(22)10-21-5-3-4-11(9-21)16(17,18)19/h6-8,11H,3-5,9-10H2,1-2H3,(H,20,22)/t11-/m1/s1. The Morgan fingerprint density at radius 2 is 1.88 bits per heavy atom. The molecular weight excluding hydrogens is 325 g/mol. The van der Waals surface area contributed by atoms with E-state index in [1.807, 2.05) is 0 Å². The molecule has 5 nitrogen and oxygen atoms in total. The van der Waals surface area contributed by atoms with Gasteiger partial charge in [-0.15, -0.1) is 0 Å². The second-order valence-electron chi connectivity index (χ2n) is 5.77. The van der Waals surface area contributed by atoms with Crippen LogP contribution >= 0.6 is 0 Å². The molecule has 1 aliphatic heterocycles. The summed E-state index contributed by atoms with van der Waals surface area (Å²) in [6.07, 6.45) is -3.66. The van der Waals surface area contributed by atoms with Gasteiger partial charge in [-0.2, -0.15) is 13.2 Å². The number of methoxy groups -OCH3 is 2. The number of hydrogen-bond acceptors (Lipinski definition) is 4. The first kappa shape index (κ1) is 18.4. The van der Waals surface area contributed by atoms with Gasteiger partial charge in [0.2, 0.25) is 5.91 Å². The quantitative estimate of drug-likeness (QED) is 0.891. The molecule has 1 N–H and O–H groups in total. The van der Waals surface area contributed by atoms with Gasteiger partial charge in [0.15, 0.2) is 0 Å². The van der Waals surface area contributed by atoms with Crippen LogP contribution in [0.25, 0.3) is 0 Å². The molecule has 1 fully saturated rings. The minimum absolute atomic E-state index is 0.0773. The molecule has 24 heavy (non-hydrogen) atoms. The molecule has 8 heteroatoms. The number of ether oxygens (including phenoxy) is 2. The summed E-state index contributed by atoms with van der Waals surface area (Å²) in [4.78, 5) is 13.7. The Morgan fingerprint density at radius 1 is 1.25 bits per heavy atom. The Kier molecular flexibility index (Phi) is 5.93. The van der Waals surface area contributed by atoms with Crippen molar-refractivity contribution in [2.45, 2.75) is 19.0 Å². The summed E-state index contributed by atoms with van der Waals surface area (Å²) in [5, 5.41) is 2.67. The maximum Gasteiger partial charge on any atom is 0.393 e. The molecule has 1 atom stereocenters. The lowest BCUT2D eigenvalue weighted by molar-refractivity contribution is -0.186. The number of carbonyl (C=O) groups is 1. The number of nitrogens with one attached hydrogen (secondary N) is 1. The van der Waals surface area contributed by atoms with Gasteiger partial charge in [-0.1, -0.05) is 0 Å². The first-order chi connectivity index (χ1) is 11.3. The van der Waals surface area contributed by atoms with Crippen LogP contribution in [0.4, 0.5) is 18.9 Å². The maximum atomic E-state index is 12.8. The third-order valence-electron chi connectivity index (χ3n) is 3.97. The van der Waals surface area contributed by atoms with Crippen LogP contribution in [0, 0.1) is 5.92 Å². The van der Waals surface area contributed by atoms with Crippen LogP contribution in [0.3, 0.4) is 0 Å². The van der Waals surface area contributed by atoms with E-state index in [1.165, 1.54) is 19.1 Å². The van der Waals surface area contributed by atoms with E-state index in [0.717, 1.165) is 0 Å². The number of hydrogen-bond donors (Lipinski definition) is 1.